The van der Waals surface area contributed by atoms with Crippen LogP contribution in [0.5, 0.6) is 23.0 Å². The number of hydrogen-bond donors (Lipinski definition) is 9. The smallest absolute Gasteiger partial charge is 0.339 e. The number of nitrogens with one attached hydrogen (secondary N) is 4. The molecule has 0 amide bonds. The summed E-state index contributed by atoms with van der Waals surface area (Å²) in [5, 5.41) is 59.6. The highest BCUT2D eigenvalue weighted by molar-refractivity contribution is 6.33. The number of fused-ring (bicyclic) bond motifs is 3. The van der Waals surface area contributed by atoms with E-state index in [2.05, 4.69) is 21.3 Å². The van der Waals surface area contributed by atoms with Gasteiger partial charge in [0.2, 0.25) is 11.6 Å². The second kappa shape index (κ2) is 19.3. The Bertz CT molecular complexity index is 1630. The Hall–Kier alpha value is -4.31. The van der Waals surface area contributed by atoms with Gasteiger partial charge in [0.1, 0.15) is 34.2 Å². The number of benzene rings is 3. The van der Waals surface area contributed by atoms with Gasteiger partial charge in [0.15, 0.2) is 0 Å². The predicted molar refractivity (Wildman–Crippen MR) is 197 cm³/mol. The SMILES string of the molecule is COc1c(C(=O)O)ccc2c1CCC(C)(C)O2.Cl.Cl.O=C1c2c(O)ccc(O)c2C(=O)c2c(NCCNCCO)ccc(NCCNCCO)c21. The average molecular weight is 754 g/mol. The Morgan fingerprint density at radius 1 is 0.765 bits per heavy atom. The number of phenolic OH excluding ortho intramolecular Hbond substituents is 2. The van der Waals surface area contributed by atoms with Gasteiger partial charge in [-0.3, -0.25) is 9.59 Å². The van der Waals surface area contributed by atoms with E-state index in [0.717, 1.165) is 24.2 Å². The predicted octanol–water partition coefficient (Wildman–Crippen LogP) is 3.20. The van der Waals surface area contributed by atoms with Crippen LogP contribution in [0.25, 0.3) is 0 Å². The van der Waals surface area contributed by atoms with Crippen LogP contribution in [0.3, 0.4) is 0 Å². The van der Waals surface area contributed by atoms with Gasteiger partial charge in [-0.25, -0.2) is 4.79 Å². The molecule has 3 aromatic rings. The number of aliphatic hydroxyl groups excluding tert-OH is 2. The molecule has 0 atom stereocenters. The molecule has 0 radical (unpaired) electrons. The molecule has 14 nitrogen and oxygen atoms in total. The van der Waals surface area contributed by atoms with Crippen molar-refractivity contribution in [2.45, 2.75) is 32.3 Å². The first-order valence-electron chi connectivity index (χ1n) is 16.0. The molecular formula is C35H46Cl2N4O10. The van der Waals surface area contributed by atoms with Crippen molar-refractivity contribution < 1.29 is 49.4 Å². The first-order valence-corrected chi connectivity index (χ1v) is 16.0. The summed E-state index contributed by atoms with van der Waals surface area (Å²) in [5.74, 6) is -1.69. The molecule has 0 saturated heterocycles. The molecule has 0 unspecified atom stereocenters. The summed E-state index contributed by atoms with van der Waals surface area (Å²) in [6.45, 7) is 6.85. The third-order valence-electron chi connectivity index (χ3n) is 8.10. The number of carboxylic acids is 1. The van der Waals surface area contributed by atoms with E-state index in [9.17, 15) is 24.6 Å². The number of carbonyl (C=O) groups excluding carboxylic acids is 2. The first kappa shape index (κ1) is 42.9. The molecule has 0 spiro atoms. The molecule has 51 heavy (non-hydrogen) atoms. The van der Waals surface area contributed by atoms with Crippen LogP contribution >= 0.6 is 24.8 Å². The van der Waals surface area contributed by atoms with E-state index < -0.39 is 17.5 Å². The summed E-state index contributed by atoms with van der Waals surface area (Å²) < 4.78 is 11.0. The van der Waals surface area contributed by atoms with Crippen LogP contribution in [-0.4, -0.2) is 108 Å². The lowest BCUT2D eigenvalue weighted by Crippen LogP contribution is -2.32. The number of ketones is 2. The highest BCUT2D eigenvalue weighted by atomic mass is 35.5. The monoisotopic (exact) mass is 752 g/mol. The highest BCUT2D eigenvalue weighted by Crippen LogP contribution is 2.43. The van der Waals surface area contributed by atoms with Crippen molar-refractivity contribution >= 4 is 53.7 Å². The number of aromatic hydroxyl groups is 2. The van der Waals surface area contributed by atoms with Gasteiger partial charge in [0.05, 0.1) is 42.6 Å². The van der Waals surface area contributed by atoms with Crippen LogP contribution in [0.2, 0.25) is 0 Å². The average Bonchev–Trinajstić information content (AvgIpc) is 3.07. The fourth-order valence-corrected chi connectivity index (χ4v) is 5.76. The normalized spacial score (nSPS) is 13.4. The van der Waals surface area contributed by atoms with Gasteiger partial charge in [-0.2, -0.15) is 0 Å². The third kappa shape index (κ3) is 9.94. The van der Waals surface area contributed by atoms with Crippen molar-refractivity contribution in [3.8, 4) is 23.0 Å². The van der Waals surface area contributed by atoms with Gasteiger partial charge in [0.25, 0.3) is 0 Å². The van der Waals surface area contributed by atoms with E-state index in [1.165, 1.54) is 25.3 Å². The topological polar surface area (TPSA) is 219 Å². The summed E-state index contributed by atoms with van der Waals surface area (Å²) in [6.07, 6.45) is 1.62. The molecule has 3 aromatic carbocycles. The molecule has 1 heterocycles. The Labute approximate surface area is 308 Å². The Morgan fingerprint density at radius 2 is 1.25 bits per heavy atom. The van der Waals surface area contributed by atoms with E-state index in [4.69, 9.17) is 24.8 Å². The maximum Gasteiger partial charge on any atom is 0.339 e. The summed E-state index contributed by atoms with van der Waals surface area (Å²) in [5.41, 5.74) is 1.52. The highest BCUT2D eigenvalue weighted by Gasteiger charge is 2.38. The van der Waals surface area contributed by atoms with E-state index in [1.807, 2.05) is 13.8 Å². The van der Waals surface area contributed by atoms with Crippen LogP contribution in [0.15, 0.2) is 36.4 Å². The summed E-state index contributed by atoms with van der Waals surface area (Å²) in [6, 6.07) is 8.98. The number of anilines is 2. The number of aromatic carboxylic acids is 1. The van der Waals surface area contributed by atoms with Crippen LogP contribution < -0.4 is 30.7 Å². The lowest BCUT2D eigenvalue weighted by Gasteiger charge is -2.33. The van der Waals surface area contributed by atoms with Crippen molar-refractivity contribution in [1.29, 1.82) is 0 Å². The number of carboxylic acid groups (broad SMARTS) is 1. The largest absolute Gasteiger partial charge is 0.507 e. The van der Waals surface area contributed by atoms with Crippen LogP contribution in [-0.2, 0) is 6.42 Å². The fourth-order valence-electron chi connectivity index (χ4n) is 5.76. The van der Waals surface area contributed by atoms with Crippen molar-refractivity contribution in [1.82, 2.24) is 10.6 Å². The molecule has 9 N–H and O–H groups in total. The van der Waals surface area contributed by atoms with Crippen LogP contribution in [0.1, 0.15) is 68.0 Å². The van der Waals surface area contributed by atoms with E-state index >= 15 is 0 Å². The van der Waals surface area contributed by atoms with Crippen LogP contribution in [0, 0.1) is 0 Å². The Morgan fingerprint density at radius 3 is 1.69 bits per heavy atom. The maximum absolute atomic E-state index is 13.4. The number of phenols is 2. The quantitative estimate of drug-likeness (QED) is 0.0668. The van der Waals surface area contributed by atoms with Gasteiger partial charge in [0, 0.05) is 56.2 Å². The standard InChI is InChI=1S/C22H28N4O6.C13H16O4.2ClH/c27-11-9-23-5-7-25-13-1-2-14(26-8-6-24-10-12-28)18-17(13)21(31)19-15(29)3-4-16(30)20(19)22(18)32;1-13(2)7-6-8-10(17-13)5-4-9(12(14)15)11(8)16-3;;/h1-4,23-30H,5-12H2;4-5H,6-7H2,1-3H3,(H,14,15);2*1H. The molecular weight excluding hydrogens is 707 g/mol. The molecule has 0 bridgehead atoms. The summed E-state index contributed by atoms with van der Waals surface area (Å²) in [7, 11) is 1.49. The molecule has 0 aromatic heterocycles. The first-order chi connectivity index (χ1) is 23.4. The maximum atomic E-state index is 13.4. The van der Waals surface area contributed by atoms with Gasteiger partial charge in [-0.05, 0) is 63.1 Å². The number of ether oxygens (including phenoxy) is 2. The molecule has 16 heteroatoms. The molecule has 280 valence electrons. The molecule has 0 saturated carbocycles. The van der Waals surface area contributed by atoms with E-state index in [1.54, 1.807) is 18.2 Å². The minimum Gasteiger partial charge on any atom is -0.507 e. The zero-order valence-corrected chi connectivity index (χ0v) is 30.3. The Kier molecular flexibility index (Phi) is 16.3. The molecule has 1 aliphatic carbocycles. The van der Waals surface area contributed by atoms with Crippen molar-refractivity contribution in [3.63, 3.8) is 0 Å². The fraction of sp³-hybridized carbons (Fsp3) is 0.400. The molecule has 0 fully saturated rings. The number of carbonyl (C=O) groups is 3. The number of aliphatic hydroxyl groups is 2. The van der Waals surface area contributed by atoms with Gasteiger partial charge in [-0.15, -0.1) is 24.8 Å². The van der Waals surface area contributed by atoms with Gasteiger partial charge >= 0.3 is 5.97 Å². The zero-order valence-electron chi connectivity index (χ0n) is 28.6. The van der Waals surface area contributed by atoms with Crippen molar-refractivity contribution in [2.75, 3.05) is 70.2 Å². The number of hydrogen-bond acceptors (Lipinski definition) is 13. The summed E-state index contributed by atoms with van der Waals surface area (Å²) >= 11 is 0. The molecule has 2 aliphatic rings. The lowest BCUT2D eigenvalue weighted by atomic mass is 9.81. The van der Waals surface area contributed by atoms with Gasteiger partial charge in [-0.1, -0.05) is 0 Å². The zero-order chi connectivity index (χ0) is 35.7. The molecule has 1 aliphatic heterocycles. The van der Waals surface area contributed by atoms with Crippen molar-refractivity contribution in [2.24, 2.45) is 0 Å². The number of rotatable bonds is 14. The minimum atomic E-state index is -0.977. The van der Waals surface area contributed by atoms with E-state index in [-0.39, 0.29) is 82.9 Å². The number of methoxy groups -OCH3 is 1. The summed E-state index contributed by atoms with van der Waals surface area (Å²) in [4.78, 5) is 37.8. The van der Waals surface area contributed by atoms with Gasteiger partial charge < -0.3 is 56.3 Å². The van der Waals surface area contributed by atoms with Crippen molar-refractivity contribution in [3.05, 3.63) is 69.8 Å². The second-order valence-corrected chi connectivity index (χ2v) is 12.0. The van der Waals surface area contributed by atoms with E-state index in [0.29, 0.717) is 56.4 Å². The lowest BCUT2D eigenvalue weighted by molar-refractivity contribution is 0.0689. The second-order valence-electron chi connectivity index (χ2n) is 12.0. The van der Waals surface area contributed by atoms with Crippen LogP contribution in [0.4, 0.5) is 11.4 Å². The molecule has 5 rings (SSSR count). The third-order valence-corrected chi connectivity index (χ3v) is 8.10. The number of halogens is 2. The minimum absolute atomic E-state index is 0. The Balaban J connectivity index is 0.000000402.